The molecule has 0 bridgehead atoms. The molecule has 0 aliphatic carbocycles. The van der Waals surface area contributed by atoms with Crippen molar-refractivity contribution in [3.8, 4) is 0 Å². The van der Waals surface area contributed by atoms with Crippen molar-refractivity contribution in [1.29, 1.82) is 0 Å². The lowest BCUT2D eigenvalue weighted by molar-refractivity contribution is 0.482. The summed E-state index contributed by atoms with van der Waals surface area (Å²) in [6.45, 7) is 2.61. The third kappa shape index (κ3) is 2.87. The highest BCUT2D eigenvalue weighted by Crippen LogP contribution is 2.29. The second-order valence-corrected chi connectivity index (χ2v) is 4.97. The van der Waals surface area contributed by atoms with Gasteiger partial charge in [-0.3, -0.25) is 16.0 Å². The Hall–Kier alpha value is -1.38. The maximum absolute atomic E-state index is 13.6. The van der Waals surface area contributed by atoms with Crippen LogP contribution in [0, 0.1) is 11.6 Å². The van der Waals surface area contributed by atoms with Crippen molar-refractivity contribution in [3.63, 3.8) is 0 Å². The Bertz CT molecular complexity index is 602. The summed E-state index contributed by atoms with van der Waals surface area (Å²) in [6, 6.07) is 2.15. The van der Waals surface area contributed by atoms with Crippen molar-refractivity contribution < 1.29 is 8.78 Å². The molecule has 108 valence electrons. The largest absolute Gasteiger partial charge is 0.271 e. The van der Waals surface area contributed by atoms with Crippen molar-refractivity contribution in [2.75, 3.05) is 0 Å². The fourth-order valence-corrected chi connectivity index (χ4v) is 2.56. The number of hydrogen-bond acceptors (Lipinski definition) is 4. The molecule has 1 aromatic heterocycles. The number of rotatable bonds is 5. The Kier molecular flexibility index (Phi) is 4.79. The van der Waals surface area contributed by atoms with E-state index in [2.05, 4.69) is 31.4 Å². The van der Waals surface area contributed by atoms with E-state index < -0.39 is 17.7 Å². The minimum atomic E-state index is -0.931. The maximum atomic E-state index is 13.6. The number of aromatic nitrogens is 3. The molecule has 0 radical (unpaired) electrons. The summed E-state index contributed by atoms with van der Waals surface area (Å²) in [7, 11) is 0. The van der Waals surface area contributed by atoms with Crippen molar-refractivity contribution >= 4 is 15.9 Å². The maximum Gasteiger partial charge on any atom is 0.173 e. The summed E-state index contributed by atoms with van der Waals surface area (Å²) in [5.41, 5.74) is 3.12. The molecule has 1 heterocycles. The van der Waals surface area contributed by atoms with Gasteiger partial charge in [0.15, 0.2) is 11.6 Å². The van der Waals surface area contributed by atoms with E-state index in [-0.39, 0.29) is 4.47 Å². The van der Waals surface area contributed by atoms with E-state index in [0.717, 1.165) is 6.07 Å². The molecule has 0 saturated heterocycles. The van der Waals surface area contributed by atoms with E-state index in [1.807, 2.05) is 6.92 Å². The highest BCUT2D eigenvalue weighted by atomic mass is 79.9. The van der Waals surface area contributed by atoms with Gasteiger partial charge in [-0.05, 0) is 34.5 Å². The Labute approximate surface area is 123 Å². The molecule has 0 aliphatic heterocycles. The summed E-state index contributed by atoms with van der Waals surface area (Å²) in [5.74, 6) is 4.40. The Morgan fingerprint density at radius 3 is 2.85 bits per heavy atom. The molecule has 1 aromatic carbocycles. The van der Waals surface area contributed by atoms with Crippen molar-refractivity contribution in [3.05, 3.63) is 46.0 Å². The number of halogens is 3. The van der Waals surface area contributed by atoms with Crippen LogP contribution in [-0.2, 0) is 13.0 Å². The van der Waals surface area contributed by atoms with Gasteiger partial charge in [0, 0.05) is 13.0 Å². The fourth-order valence-electron chi connectivity index (χ4n) is 1.96. The van der Waals surface area contributed by atoms with Crippen molar-refractivity contribution in [2.45, 2.75) is 25.9 Å². The summed E-state index contributed by atoms with van der Waals surface area (Å²) < 4.78 is 28.5. The predicted molar refractivity (Wildman–Crippen MR) is 73.5 cm³/mol. The Morgan fingerprint density at radius 1 is 1.45 bits per heavy atom. The van der Waals surface area contributed by atoms with Crippen LogP contribution in [0.15, 0.2) is 22.9 Å². The van der Waals surface area contributed by atoms with Crippen LogP contribution in [0.3, 0.4) is 0 Å². The molecule has 5 nitrogen and oxygen atoms in total. The van der Waals surface area contributed by atoms with E-state index in [1.54, 1.807) is 4.68 Å². The van der Waals surface area contributed by atoms with Crippen LogP contribution >= 0.6 is 15.9 Å². The topological polar surface area (TPSA) is 68.8 Å². The lowest BCUT2D eigenvalue weighted by atomic mass is 10.0. The van der Waals surface area contributed by atoms with Crippen LogP contribution in [0.4, 0.5) is 8.78 Å². The molecule has 8 heteroatoms. The number of benzene rings is 1. The lowest BCUT2D eigenvalue weighted by Gasteiger charge is -2.18. The third-order valence-corrected chi connectivity index (χ3v) is 3.83. The monoisotopic (exact) mass is 345 g/mol. The van der Waals surface area contributed by atoms with Gasteiger partial charge in [0.05, 0.1) is 10.5 Å². The minimum Gasteiger partial charge on any atom is -0.271 e. The molecule has 0 fully saturated rings. The molecule has 2 aromatic rings. The van der Waals surface area contributed by atoms with Gasteiger partial charge in [0.2, 0.25) is 0 Å². The van der Waals surface area contributed by atoms with Crippen LogP contribution < -0.4 is 11.3 Å². The summed E-state index contributed by atoms with van der Waals surface area (Å²) >= 11 is 3.06. The average Bonchev–Trinajstić information content (AvgIpc) is 2.90. The van der Waals surface area contributed by atoms with E-state index in [0.29, 0.717) is 24.4 Å². The SMILES string of the molecule is CCn1ncnc1CC(NN)c1ccc(F)c(F)c1Br. The third-order valence-electron chi connectivity index (χ3n) is 3.02. The normalized spacial score (nSPS) is 12.7. The summed E-state index contributed by atoms with van der Waals surface area (Å²) in [4.78, 5) is 4.14. The number of nitrogens with one attached hydrogen (secondary N) is 1. The van der Waals surface area contributed by atoms with Crippen LogP contribution in [-0.4, -0.2) is 14.8 Å². The first kappa shape index (κ1) is 15.0. The van der Waals surface area contributed by atoms with Crippen LogP contribution in [0.1, 0.15) is 24.4 Å². The van der Waals surface area contributed by atoms with Crippen LogP contribution in [0.25, 0.3) is 0 Å². The zero-order chi connectivity index (χ0) is 14.7. The Morgan fingerprint density at radius 2 is 2.20 bits per heavy atom. The van der Waals surface area contributed by atoms with Crippen molar-refractivity contribution in [2.24, 2.45) is 5.84 Å². The van der Waals surface area contributed by atoms with E-state index in [9.17, 15) is 8.78 Å². The molecule has 0 aliphatic rings. The molecular weight excluding hydrogens is 332 g/mol. The quantitative estimate of drug-likeness (QED) is 0.494. The highest BCUT2D eigenvalue weighted by molar-refractivity contribution is 9.10. The van der Waals surface area contributed by atoms with Crippen LogP contribution in [0.2, 0.25) is 0 Å². The van der Waals surface area contributed by atoms with Gasteiger partial charge in [0.25, 0.3) is 0 Å². The number of hydrogen-bond donors (Lipinski definition) is 2. The van der Waals surface area contributed by atoms with Gasteiger partial charge < -0.3 is 0 Å². The van der Waals surface area contributed by atoms with Gasteiger partial charge in [-0.1, -0.05) is 6.07 Å². The zero-order valence-corrected chi connectivity index (χ0v) is 12.4. The van der Waals surface area contributed by atoms with Gasteiger partial charge in [0.1, 0.15) is 12.2 Å². The van der Waals surface area contributed by atoms with E-state index in [1.165, 1.54) is 12.4 Å². The molecule has 20 heavy (non-hydrogen) atoms. The minimum absolute atomic E-state index is 0.0583. The second kappa shape index (κ2) is 6.38. The van der Waals surface area contributed by atoms with Crippen LogP contribution in [0.5, 0.6) is 0 Å². The molecule has 2 rings (SSSR count). The van der Waals surface area contributed by atoms with Gasteiger partial charge in [-0.25, -0.2) is 13.8 Å². The number of aryl methyl sites for hydroxylation is 1. The average molecular weight is 346 g/mol. The molecule has 0 spiro atoms. The summed E-state index contributed by atoms with van der Waals surface area (Å²) in [5, 5.41) is 4.06. The molecule has 0 amide bonds. The van der Waals surface area contributed by atoms with Crippen molar-refractivity contribution in [1.82, 2.24) is 20.2 Å². The first-order valence-electron chi connectivity index (χ1n) is 6.04. The molecular formula is C12H14BrF2N5. The smallest absolute Gasteiger partial charge is 0.173 e. The predicted octanol–water partition coefficient (Wildman–Crippen LogP) is 2.09. The molecule has 0 saturated carbocycles. The number of nitrogens with zero attached hydrogens (tertiary/aromatic N) is 3. The fraction of sp³-hybridized carbons (Fsp3) is 0.333. The zero-order valence-electron chi connectivity index (χ0n) is 10.8. The van der Waals surface area contributed by atoms with Gasteiger partial charge in [-0.2, -0.15) is 5.10 Å². The van der Waals surface area contributed by atoms with E-state index >= 15 is 0 Å². The van der Waals surface area contributed by atoms with E-state index in [4.69, 9.17) is 5.84 Å². The van der Waals surface area contributed by atoms with Gasteiger partial charge in [-0.15, -0.1) is 0 Å². The lowest BCUT2D eigenvalue weighted by Crippen LogP contribution is -2.31. The molecule has 3 N–H and O–H groups in total. The Balaban J connectivity index is 2.31. The van der Waals surface area contributed by atoms with Gasteiger partial charge >= 0.3 is 0 Å². The standard InChI is InChI=1S/C12H14BrF2N5/c1-2-20-10(17-6-18-20)5-9(19-16)7-3-4-8(14)12(15)11(7)13/h3-4,6,9,19H,2,5,16H2,1H3. The summed E-state index contributed by atoms with van der Waals surface area (Å²) in [6.07, 6.45) is 1.86. The molecule has 1 unspecified atom stereocenters. The number of hydrazine groups is 1. The first-order valence-corrected chi connectivity index (χ1v) is 6.84. The first-order chi connectivity index (χ1) is 9.58. The second-order valence-electron chi connectivity index (χ2n) is 4.18. The number of nitrogens with two attached hydrogens (primary N) is 1. The highest BCUT2D eigenvalue weighted by Gasteiger charge is 2.20. The molecule has 1 atom stereocenters.